The van der Waals surface area contributed by atoms with Crippen LogP contribution in [0.4, 0.5) is 16.8 Å². The third kappa shape index (κ3) is 5.07. The van der Waals surface area contributed by atoms with Gasteiger partial charge in [0.05, 0.1) is 10.6 Å². The molecule has 0 atom stereocenters. The van der Waals surface area contributed by atoms with E-state index < -0.39 is 0 Å². The minimum absolute atomic E-state index is 0.156. The molecule has 3 aromatic heterocycles. The number of anilines is 3. The molecule has 0 bridgehead atoms. The summed E-state index contributed by atoms with van der Waals surface area (Å²) in [7, 11) is 5.79. The fraction of sp³-hybridized carbons (Fsp3) is 0.417. The molecule has 1 amide bonds. The minimum atomic E-state index is 0.156. The van der Waals surface area contributed by atoms with Gasteiger partial charge in [0.25, 0.3) is 0 Å². The zero-order chi connectivity index (χ0) is 22.7. The van der Waals surface area contributed by atoms with E-state index in [2.05, 4.69) is 27.2 Å². The molecule has 0 unspecified atom stereocenters. The van der Waals surface area contributed by atoms with Crippen molar-refractivity contribution in [3.05, 3.63) is 48.3 Å². The smallest absolute Gasteiger partial charge is 0.225 e. The van der Waals surface area contributed by atoms with E-state index >= 15 is 0 Å². The summed E-state index contributed by atoms with van der Waals surface area (Å²) in [6, 6.07) is 10.3. The molecular weight excluding hydrogens is 420 g/mol. The number of pyridine rings is 2. The summed E-state index contributed by atoms with van der Waals surface area (Å²) in [6.45, 7) is 2.04. The van der Waals surface area contributed by atoms with Crippen molar-refractivity contribution in [2.45, 2.75) is 38.6 Å². The minimum Gasteiger partial charge on any atom is -0.349 e. The fourth-order valence-corrected chi connectivity index (χ4v) is 5.07. The van der Waals surface area contributed by atoms with Gasteiger partial charge in [-0.05, 0) is 62.4 Å². The Morgan fingerprint density at radius 1 is 1.06 bits per heavy atom. The summed E-state index contributed by atoms with van der Waals surface area (Å²) < 4.78 is 0. The van der Waals surface area contributed by atoms with Gasteiger partial charge in [0.1, 0.15) is 11.6 Å². The molecule has 7 nitrogen and oxygen atoms in total. The van der Waals surface area contributed by atoms with Gasteiger partial charge in [-0.15, -0.1) is 0 Å². The monoisotopic (exact) mass is 450 g/mol. The number of carbonyl (C=O) groups is 1. The van der Waals surface area contributed by atoms with Crippen molar-refractivity contribution in [2.24, 2.45) is 5.92 Å². The molecule has 3 heterocycles. The number of aromatic nitrogens is 3. The van der Waals surface area contributed by atoms with Gasteiger partial charge in [-0.1, -0.05) is 17.4 Å². The van der Waals surface area contributed by atoms with Crippen molar-refractivity contribution in [3.8, 4) is 10.6 Å². The number of nitrogens with zero attached hydrogens (tertiary/aromatic N) is 5. The second-order valence-electron chi connectivity index (χ2n) is 8.61. The van der Waals surface area contributed by atoms with Crippen LogP contribution in [0.3, 0.4) is 0 Å². The molecule has 0 saturated heterocycles. The first-order valence-electron chi connectivity index (χ1n) is 11.0. The van der Waals surface area contributed by atoms with E-state index in [-0.39, 0.29) is 11.8 Å². The van der Waals surface area contributed by atoms with Crippen LogP contribution < -0.4 is 10.2 Å². The van der Waals surface area contributed by atoms with Crippen LogP contribution in [0, 0.1) is 12.8 Å². The summed E-state index contributed by atoms with van der Waals surface area (Å²) in [5, 5.41) is 4.27. The zero-order valence-corrected chi connectivity index (χ0v) is 19.9. The summed E-state index contributed by atoms with van der Waals surface area (Å²) >= 11 is 1.65. The number of nitrogens with one attached hydrogen (secondary N) is 1. The molecule has 1 saturated carbocycles. The average Bonchev–Trinajstić information content (AvgIpc) is 3.29. The van der Waals surface area contributed by atoms with Crippen molar-refractivity contribution < 1.29 is 4.79 Å². The van der Waals surface area contributed by atoms with E-state index in [1.165, 1.54) is 0 Å². The molecular formula is C24H30N6OS. The van der Waals surface area contributed by atoms with Crippen LogP contribution in [0.2, 0.25) is 0 Å². The highest BCUT2D eigenvalue weighted by Crippen LogP contribution is 2.35. The van der Waals surface area contributed by atoms with Crippen LogP contribution in [0.15, 0.2) is 42.7 Å². The van der Waals surface area contributed by atoms with Crippen molar-refractivity contribution in [1.82, 2.24) is 19.9 Å². The summed E-state index contributed by atoms with van der Waals surface area (Å²) in [4.78, 5) is 31.0. The van der Waals surface area contributed by atoms with E-state index in [9.17, 15) is 4.79 Å². The van der Waals surface area contributed by atoms with Gasteiger partial charge in [-0.3, -0.25) is 4.79 Å². The predicted octanol–water partition coefficient (Wildman–Crippen LogP) is 4.74. The highest BCUT2D eigenvalue weighted by atomic mass is 32.1. The van der Waals surface area contributed by atoms with Gasteiger partial charge in [0.15, 0.2) is 5.13 Å². The Kier molecular flexibility index (Phi) is 6.69. The van der Waals surface area contributed by atoms with Crippen molar-refractivity contribution in [2.75, 3.05) is 31.4 Å². The molecule has 1 fully saturated rings. The fourth-order valence-electron chi connectivity index (χ4n) is 4.16. The molecule has 0 aliphatic heterocycles. The maximum Gasteiger partial charge on any atom is 0.225 e. The molecule has 168 valence electrons. The van der Waals surface area contributed by atoms with Crippen molar-refractivity contribution >= 4 is 34.0 Å². The molecule has 0 aromatic carbocycles. The number of rotatable bonds is 6. The highest BCUT2D eigenvalue weighted by Gasteiger charge is 2.30. The topological polar surface area (TPSA) is 74.2 Å². The van der Waals surface area contributed by atoms with Crippen LogP contribution in [-0.2, 0) is 4.79 Å². The zero-order valence-electron chi connectivity index (χ0n) is 19.1. The van der Waals surface area contributed by atoms with Gasteiger partial charge >= 0.3 is 0 Å². The lowest BCUT2D eigenvalue weighted by Crippen LogP contribution is -2.39. The Morgan fingerprint density at radius 2 is 1.84 bits per heavy atom. The molecule has 3 aromatic rings. The molecule has 0 spiro atoms. The number of hydrogen-bond donors (Lipinski definition) is 1. The number of carbonyl (C=O) groups excluding carboxylic acids is 1. The van der Waals surface area contributed by atoms with Crippen LogP contribution in [-0.4, -0.2) is 52.9 Å². The van der Waals surface area contributed by atoms with Crippen LogP contribution in [0.25, 0.3) is 10.6 Å². The van der Waals surface area contributed by atoms with E-state index in [1.54, 1.807) is 22.4 Å². The van der Waals surface area contributed by atoms with E-state index in [4.69, 9.17) is 4.98 Å². The second-order valence-corrected chi connectivity index (χ2v) is 9.62. The summed E-state index contributed by atoms with van der Waals surface area (Å²) in [5.74, 6) is 1.95. The van der Waals surface area contributed by atoms with Gasteiger partial charge in [0.2, 0.25) is 5.91 Å². The molecule has 1 aliphatic carbocycles. The first-order valence-corrected chi connectivity index (χ1v) is 11.8. The third-order valence-corrected chi connectivity index (χ3v) is 7.11. The standard InChI is InChI=1S/C24H30N6OS/c1-16-12-13-25-22(14-16)28-21-7-5-6-19(27-21)20-15-26-24(32-20)30(4)18-10-8-17(9-11-18)23(31)29(2)3/h5-7,12-15,17-18H,8-11H2,1-4H3,(H,25,27,28). The number of thiazole rings is 1. The van der Waals surface area contributed by atoms with Crippen molar-refractivity contribution in [3.63, 3.8) is 0 Å². The SMILES string of the molecule is Cc1ccnc(Nc2cccc(-c3cnc(N(C)C4CCC(C(=O)N(C)C)CC4)s3)n2)c1. The lowest BCUT2D eigenvalue weighted by atomic mass is 9.85. The molecule has 1 aliphatic rings. The van der Waals surface area contributed by atoms with E-state index in [0.29, 0.717) is 6.04 Å². The molecule has 0 radical (unpaired) electrons. The van der Waals surface area contributed by atoms with Gasteiger partial charge < -0.3 is 15.1 Å². The lowest BCUT2D eigenvalue weighted by Gasteiger charge is -2.34. The first-order chi connectivity index (χ1) is 15.4. The lowest BCUT2D eigenvalue weighted by molar-refractivity contribution is -0.134. The second kappa shape index (κ2) is 9.65. The van der Waals surface area contributed by atoms with E-state index in [1.807, 2.05) is 57.5 Å². The quantitative estimate of drug-likeness (QED) is 0.585. The Bertz CT molecular complexity index is 1070. The first kappa shape index (κ1) is 22.2. The Labute approximate surface area is 193 Å². The van der Waals surface area contributed by atoms with Crippen LogP contribution in [0.1, 0.15) is 31.2 Å². The predicted molar refractivity (Wildman–Crippen MR) is 130 cm³/mol. The number of aryl methyl sites for hydroxylation is 1. The largest absolute Gasteiger partial charge is 0.349 e. The highest BCUT2D eigenvalue weighted by molar-refractivity contribution is 7.18. The molecule has 8 heteroatoms. The van der Waals surface area contributed by atoms with Gasteiger partial charge in [0, 0.05) is 45.5 Å². The Balaban J connectivity index is 1.42. The third-order valence-electron chi connectivity index (χ3n) is 6.00. The summed E-state index contributed by atoms with van der Waals surface area (Å²) in [5.41, 5.74) is 2.04. The van der Waals surface area contributed by atoms with Gasteiger partial charge in [-0.25, -0.2) is 15.0 Å². The molecule has 1 N–H and O–H groups in total. The van der Waals surface area contributed by atoms with Crippen molar-refractivity contribution in [1.29, 1.82) is 0 Å². The maximum absolute atomic E-state index is 12.3. The van der Waals surface area contributed by atoms with Crippen LogP contribution in [0.5, 0.6) is 0 Å². The average molecular weight is 451 g/mol. The molecule has 32 heavy (non-hydrogen) atoms. The molecule has 4 rings (SSSR count). The Morgan fingerprint density at radius 3 is 2.56 bits per heavy atom. The van der Waals surface area contributed by atoms with Crippen LogP contribution >= 0.6 is 11.3 Å². The number of hydrogen-bond acceptors (Lipinski definition) is 7. The summed E-state index contributed by atoms with van der Waals surface area (Å²) in [6.07, 6.45) is 7.58. The van der Waals surface area contributed by atoms with E-state index in [0.717, 1.165) is 58.6 Å². The normalized spacial score (nSPS) is 18.2. The number of amides is 1. The maximum atomic E-state index is 12.3. The Hall–Kier alpha value is -3.00. The van der Waals surface area contributed by atoms with Gasteiger partial charge in [-0.2, -0.15) is 0 Å².